The van der Waals surface area contributed by atoms with Crippen LogP contribution in [0.2, 0.25) is 0 Å². The third kappa shape index (κ3) is 1.93. The predicted octanol–water partition coefficient (Wildman–Crippen LogP) is 1.70. The minimum Gasteiger partial charge on any atom is -0.331 e. The monoisotopic (exact) mass is 207 g/mol. The van der Waals surface area contributed by atoms with Crippen molar-refractivity contribution in [2.24, 2.45) is 11.7 Å². The average Bonchev–Trinajstić information content (AvgIpc) is 2.59. The van der Waals surface area contributed by atoms with Gasteiger partial charge in [-0.1, -0.05) is 20.8 Å². The molecule has 1 atom stereocenters. The van der Waals surface area contributed by atoms with Gasteiger partial charge in [-0.05, 0) is 25.3 Å². The molecule has 0 saturated carbocycles. The summed E-state index contributed by atoms with van der Waals surface area (Å²) in [5.41, 5.74) is 7.27. The Balaban J connectivity index is 2.34. The first-order valence-electron chi connectivity index (χ1n) is 5.77. The Kier molecular flexibility index (Phi) is 2.59. The van der Waals surface area contributed by atoms with Gasteiger partial charge in [0.2, 0.25) is 0 Å². The van der Waals surface area contributed by atoms with Crippen LogP contribution in [-0.4, -0.2) is 16.1 Å². The summed E-state index contributed by atoms with van der Waals surface area (Å²) in [4.78, 5) is 4.56. The zero-order valence-corrected chi connectivity index (χ0v) is 9.95. The number of rotatable bonds is 1. The van der Waals surface area contributed by atoms with Crippen molar-refractivity contribution in [2.45, 2.75) is 45.6 Å². The molecule has 1 unspecified atom stereocenters. The highest BCUT2D eigenvalue weighted by atomic mass is 15.1. The summed E-state index contributed by atoms with van der Waals surface area (Å²) in [6.07, 6.45) is 4.38. The molecule has 0 saturated heterocycles. The van der Waals surface area contributed by atoms with E-state index in [-0.39, 0.29) is 5.41 Å². The van der Waals surface area contributed by atoms with E-state index in [0.717, 1.165) is 19.5 Å². The van der Waals surface area contributed by atoms with Gasteiger partial charge in [0.15, 0.2) is 0 Å². The van der Waals surface area contributed by atoms with E-state index < -0.39 is 0 Å². The molecule has 0 fully saturated rings. The van der Waals surface area contributed by atoms with Crippen LogP contribution in [0.15, 0.2) is 6.20 Å². The molecule has 84 valence electrons. The molecule has 0 amide bonds. The summed E-state index contributed by atoms with van der Waals surface area (Å²) < 4.78 is 2.38. The van der Waals surface area contributed by atoms with Gasteiger partial charge in [0.25, 0.3) is 0 Å². The van der Waals surface area contributed by atoms with Gasteiger partial charge in [0.1, 0.15) is 5.82 Å². The minimum atomic E-state index is 0.134. The normalized spacial score (nSPS) is 21.5. The summed E-state index contributed by atoms with van der Waals surface area (Å²) in [7, 11) is 0. The standard InChI is InChI=1S/C12H21N3/c1-12(2,3)11-14-7-10-5-4-9(6-13)8-15(10)11/h7,9H,4-6,8,13H2,1-3H3. The fourth-order valence-corrected chi connectivity index (χ4v) is 2.31. The number of hydrogen-bond acceptors (Lipinski definition) is 2. The topological polar surface area (TPSA) is 43.8 Å². The van der Waals surface area contributed by atoms with Crippen molar-refractivity contribution in [3.63, 3.8) is 0 Å². The molecule has 2 rings (SSSR count). The molecule has 1 aliphatic heterocycles. The molecule has 2 heterocycles. The van der Waals surface area contributed by atoms with Gasteiger partial charge in [0.05, 0.1) is 0 Å². The van der Waals surface area contributed by atoms with Crippen LogP contribution < -0.4 is 5.73 Å². The molecule has 1 aromatic rings. The molecular formula is C12H21N3. The van der Waals surface area contributed by atoms with Gasteiger partial charge in [-0.3, -0.25) is 0 Å². The Morgan fingerprint density at radius 3 is 2.87 bits per heavy atom. The highest BCUT2D eigenvalue weighted by molar-refractivity contribution is 5.14. The van der Waals surface area contributed by atoms with Crippen molar-refractivity contribution in [3.05, 3.63) is 17.7 Å². The molecule has 1 aromatic heterocycles. The number of aryl methyl sites for hydroxylation is 1. The van der Waals surface area contributed by atoms with Gasteiger partial charge in [-0.2, -0.15) is 0 Å². The zero-order valence-electron chi connectivity index (χ0n) is 9.95. The van der Waals surface area contributed by atoms with E-state index >= 15 is 0 Å². The van der Waals surface area contributed by atoms with Gasteiger partial charge < -0.3 is 10.3 Å². The summed E-state index contributed by atoms with van der Waals surface area (Å²) in [6.45, 7) is 8.50. The van der Waals surface area contributed by atoms with Crippen LogP contribution in [-0.2, 0) is 18.4 Å². The lowest BCUT2D eigenvalue weighted by Gasteiger charge is -2.28. The van der Waals surface area contributed by atoms with E-state index in [1.807, 2.05) is 6.20 Å². The van der Waals surface area contributed by atoms with E-state index in [1.165, 1.54) is 17.9 Å². The van der Waals surface area contributed by atoms with Crippen LogP contribution in [0.25, 0.3) is 0 Å². The van der Waals surface area contributed by atoms with Crippen molar-refractivity contribution >= 4 is 0 Å². The van der Waals surface area contributed by atoms with E-state index in [0.29, 0.717) is 5.92 Å². The highest BCUT2D eigenvalue weighted by Crippen LogP contribution is 2.27. The fraction of sp³-hybridized carbons (Fsp3) is 0.750. The quantitative estimate of drug-likeness (QED) is 0.761. The lowest BCUT2D eigenvalue weighted by atomic mass is 9.93. The first-order valence-corrected chi connectivity index (χ1v) is 5.77. The third-order valence-corrected chi connectivity index (χ3v) is 3.19. The van der Waals surface area contributed by atoms with Gasteiger partial charge in [0, 0.05) is 23.9 Å². The maximum atomic E-state index is 5.75. The molecule has 0 aliphatic carbocycles. The Hall–Kier alpha value is -0.830. The van der Waals surface area contributed by atoms with Crippen LogP contribution in [0.3, 0.4) is 0 Å². The van der Waals surface area contributed by atoms with E-state index in [4.69, 9.17) is 5.73 Å². The second kappa shape index (κ2) is 3.63. The summed E-state index contributed by atoms with van der Waals surface area (Å²) in [6, 6.07) is 0. The summed E-state index contributed by atoms with van der Waals surface area (Å²) in [5.74, 6) is 1.84. The predicted molar refractivity (Wildman–Crippen MR) is 61.8 cm³/mol. The molecule has 3 heteroatoms. The molecule has 3 nitrogen and oxygen atoms in total. The number of imidazole rings is 1. The largest absolute Gasteiger partial charge is 0.331 e. The van der Waals surface area contributed by atoms with Crippen molar-refractivity contribution in [1.82, 2.24) is 9.55 Å². The molecule has 0 spiro atoms. The Bertz CT molecular complexity index is 346. The van der Waals surface area contributed by atoms with Gasteiger partial charge in [-0.25, -0.2) is 4.98 Å². The summed E-state index contributed by atoms with van der Waals surface area (Å²) in [5, 5.41) is 0. The lowest BCUT2D eigenvalue weighted by Crippen LogP contribution is -2.29. The smallest absolute Gasteiger partial charge is 0.114 e. The number of aromatic nitrogens is 2. The van der Waals surface area contributed by atoms with Crippen LogP contribution in [0.1, 0.15) is 38.7 Å². The maximum Gasteiger partial charge on any atom is 0.114 e. The SMILES string of the molecule is CC(C)(C)c1ncc2n1CC(CN)CC2. The molecule has 1 aliphatic rings. The molecule has 15 heavy (non-hydrogen) atoms. The van der Waals surface area contributed by atoms with Crippen LogP contribution in [0.5, 0.6) is 0 Å². The second-order valence-corrected chi connectivity index (χ2v) is 5.57. The van der Waals surface area contributed by atoms with Gasteiger partial charge in [-0.15, -0.1) is 0 Å². The van der Waals surface area contributed by atoms with Gasteiger partial charge >= 0.3 is 0 Å². The highest BCUT2D eigenvalue weighted by Gasteiger charge is 2.26. The average molecular weight is 207 g/mol. The first kappa shape index (κ1) is 10.7. The molecule has 0 bridgehead atoms. The van der Waals surface area contributed by atoms with Crippen molar-refractivity contribution in [2.75, 3.05) is 6.54 Å². The first-order chi connectivity index (χ1) is 7.02. The number of fused-ring (bicyclic) bond motifs is 1. The Morgan fingerprint density at radius 1 is 1.53 bits per heavy atom. The maximum absolute atomic E-state index is 5.75. The Morgan fingerprint density at radius 2 is 2.27 bits per heavy atom. The molecule has 2 N–H and O–H groups in total. The second-order valence-electron chi connectivity index (χ2n) is 5.57. The Labute approximate surface area is 91.7 Å². The van der Waals surface area contributed by atoms with E-state index in [2.05, 4.69) is 30.3 Å². The van der Waals surface area contributed by atoms with E-state index in [1.54, 1.807) is 0 Å². The van der Waals surface area contributed by atoms with Crippen LogP contribution in [0.4, 0.5) is 0 Å². The fourth-order valence-electron chi connectivity index (χ4n) is 2.31. The van der Waals surface area contributed by atoms with Crippen LogP contribution >= 0.6 is 0 Å². The third-order valence-electron chi connectivity index (χ3n) is 3.19. The minimum absolute atomic E-state index is 0.134. The van der Waals surface area contributed by atoms with E-state index in [9.17, 15) is 0 Å². The zero-order chi connectivity index (χ0) is 11.1. The van der Waals surface area contributed by atoms with Crippen molar-refractivity contribution in [3.8, 4) is 0 Å². The number of nitrogens with zero attached hydrogens (tertiary/aromatic N) is 2. The molecule has 0 radical (unpaired) electrons. The molecule has 0 aromatic carbocycles. The number of hydrogen-bond donors (Lipinski definition) is 1. The number of nitrogens with two attached hydrogens (primary N) is 1. The summed E-state index contributed by atoms with van der Waals surface area (Å²) >= 11 is 0. The lowest BCUT2D eigenvalue weighted by molar-refractivity contribution is 0.354. The molecular weight excluding hydrogens is 186 g/mol. The van der Waals surface area contributed by atoms with Crippen LogP contribution in [0, 0.1) is 5.92 Å². The van der Waals surface area contributed by atoms with Crippen molar-refractivity contribution in [1.29, 1.82) is 0 Å². The van der Waals surface area contributed by atoms with Crippen molar-refractivity contribution < 1.29 is 0 Å².